The van der Waals surface area contributed by atoms with Gasteiger partial charge in [0.15, 0.2) is 0 Å². The predicted octanol–water partition coefficient (Wildman–Crippen LogP) is 3.48. The summed E-state index contributed by atoms with van der Waals surface area (Å²) in [6.45, 7) is 3.11. The van der Waals surface area contributed by atoms with Gasteiger partial charge >= 0.3 is 0 Å². The Bertz CT molecular complexity index is 913. The minimum Gasteiger partial charge on any atom is -0.353 e. The van der Waals surface area contributed by atoms with Gasteiger partial charge in [0.2, 0.25) is 5.91 Å². The first-order valence-electron chi connectivity index (χ1n) is 9.29. The van der Waals surface area contributed by atoms with E-state index in [2.05, 4.69) is 9.88 Å². The van der Waals surface area contributed by atoms with E-state index in [1.165, 1.54) is 0 Å². The average Bonchev–Trinajstić information content (AvgIpc) is 3.13. The third-order valence-electron chi connectivity index (χ3n) is 5.15. The molecule has 0 bridgehead atoms. The van der Waals surface area contributed by atoms with Crippen LogP contribution >= 0.6 is 23.2 Å². The number of anilines is 2. The maximum Gasteiger partial charge on any atom is 0.256 e. The molecule has 0 saturated carbocycles. The molecule has 0 radical (unpaired) electrons. The average molecular weight is 419 g/mol. The molecule has 2 fully saturated rings. The van der Waals surface area contributed by atoms with Gasteiger partial charge in [-0.05, 0) is 36.8 Å². The molecule has 2 saturated heterocycles. The first kappa shape index (κ1) is 19.0. The van der Waals surface area contributed by atoms with Crippen LogP contribution in [-0.4, -0.2) is 54.4 Å². The molecule has 2 aliphatic heterocycles. The van der Waals surface area contributed by atoms with Crippen LogP contribution in [0.5, 0.6) is 0 Å². The van der Waals surface area contributed by atoms with Crippen LogP contribution in [0.2, 0.25) is 10.2 Å². The minimum atomic E-state index is -0.0786. The molecule has 4 rings (SSSR count). The molecule has 0 N–H and O–H groups in total. The summed E-state index contributed by atoms with van der Waals surface area (Å²) in [5.74, 6) is 0.771. The van der Waals surface area contributed by atoms with Crippen molar-refractivity contribution in [1.82, 2.24) is 9.88 Å². The van der Waals surface area contributed by atoms with E-state index in [1.807, 2.05) is 17.0 Å². The quantitative estimate of drug-likeness (QED) is 0.715. The zero-order valence-corrected chi connectivity index (χ0v) is 16.8. The van der Waals surface area contributed by atoms with E-state index in [-0.39, 0.29) is 11.8 Å². The van der Waals surface area contributed by atoms with Crippen LogP contribution in [0.25, 0.3) is 0 Å². The van der Waals surface area contributed by atoms with Gasteiger partial charge in [-0.1, -0.05) is 29.3 Å². The standard InChI is InChI=1S/C20H20Cl2N4O2/c21-14-6-7-15(16(13-14)26-8-2-5-19(26)27)20(28)25-11-9-24(10-12-25)18-4-1-3-17(22)23-18/h1,3-4,6-7,13H,2,5,8-12H2. The second kappa shape index (κ2) is 7.97. The molecule has 146 valence electrons. The molecule has 8 heteroatoms. The smallest absolute Gasteiger partial charge is 0.256 e. The van der Waals surface area contributed by atoms with Crippen molar-refractivity contribution in [2.24, 2.45) is 0 Å². The van der Waals surface area contributed by atoms with Crippen molar-refractivity contribution in [3.05, 3.63) is 52.1 Å². The largest absolute Gasteiger partial charge is 0.353 e. The number of pyridine rings is 1. The molecule has 3 heterocycles. The number of halogens is 2. The number of carbonyl (C=O) groups excluding carboxylic acids is 2. The van der Waals surface area contributed by atoms with E-state index in [9.17, 15) is 9.59 Å². The van der Waals surface area contributed by atoms with E-state index in [4.69, 9.17) is 23.2 Å². The lowest BCUT2D eigenvalue weighted by atomic mass is 10.1. The SMILES string of the molecule is O=C(c1ccc(Cl)cc1N1CCCC1=O)N1CCN(c2cccc(Cl)n2)CC1. The number of hydrogen-bond acceptors (Lipinski definition) is 4. The zero-order valence-electron chi connectivity index (χ0n) is 15.3. The number of carbonyl (C=O) groups is 2. The summed E-state index contributed by atoms with van der Waals surface area (Å²) < 4.78 is 0. The van der Waals surface area contributed by atoms with Crippen LogP contribution in [0.1, 0.15) is 23.2 Å². The maximum absolute atomic E-state index is 13.2. The van der Waals surface area contributed by atoms with Gasteiger partial charge in [-0.15, -0.1) is 0 Å². The van der Waals surface area contributed by atoms with Crippen molar-refractivity contribution in [2.45, 2.75) is 12.8 Å². The van der Waals surface area contributed by atoms with Gasteiger partial charge in [0, 0.05) is 44.2 Å². The van der Waals surface area contributed by atoms with Gasteiger partial charge in [0.25, 0.3) is 5.91 Å². The van der Waals surface area contributed by atoms with Crippen LogP contribution in [0, 0.1) is 0 Å². The number of aromatic nitrogens is 1. The summed E-state index contributed by atoms with van der Waals surface area (Å²) in [6, 6.07) is 10.7. The summed E-state index contributed by atoms with van der Waals surface area (Å²) in [5.41, 5.74) is 1.13. The van der Waals surface area contributed by atoms with E-state index in [0.29, 0.717) is 60.6 Å². The topological polar surface area (TPSA) is 56.8 Å². The van der Waals surface area contributed by atoms with E-state index in [1.54, 1.807) is 29.2 Å². The van der Waals surface area contributed by atoms with Gasteiger partial charge in [0.1, 0.15) is 11.0 Å². The molecule has 0 aliphatic carbocycles. The number of piperazine rings is 1. The molecule has 0 spiro atoms. The highest BCUT2D eigenvalue weighted by molar-refractivity contribution is 6.31. The second-order valence-corrected chi connectivity index (χ2v) is 7.73. The molecule has 28 heavy (non-hydrogen) atoms. The van der Waals surface area contributed by atoms with Crippen molar-refractivity contribution in [3.63, 3.8) is 0 Å². The van der Waals surface area contributed by atoms with E-state index in [0.717, 1.165) is 12.2 Å². The van der Waals surface area contributed by atoms with Gasteiger partial charge in [0.05, 0.1) is 11.3 Å². The lowest BCUT2D eigenvalue weighted by molar-refractivity contribution is -0.117. The molecule has 2 aliphatic rings. The van der Waals surface area contributed by atoms with Crippen molar-refractivity contribution in [2.75, 3.05) is 42.5 Å². The normalized spacial score (nSPS) is 17.4. The van der Waals surface area contributed by atoms with E-state index < -0.39 is 0 Å². The predicted molar refractivity (Wildman–Crippen MR) is 110 cm³/mol. The Morgan fingerprint density at radius 1 is 1.00 bits per heavy atom. The number of hydrogen-bond donors (Lipinski definition) is 0. The highest BCUT2D eigenvalue weighted by Gasteiger charge is 2.29. The third kappa shape index (κ3) is 3.80. The molecule has 0 atom stereocenters. The molecular formula is C20H20Cl2N4O2. The Balaban J connectivity index is 1.51. The van der Waals surface area contributed by atoms with Crippen LogP contribution in [-0.2, 0) is 4.79 Å². The maximum atomic E-state index is 13.2. The molecule has 1 aromatic carbocycles. The Labute approximate surface area is 173 Å². The molecule has 2 amide bonds. The fourth-order valence-electron chi connectivity index (χ4n) is 3.69. The van der Waals surface area contributed by atoms with Gasteiger partial charge in [-0.2, -0.15) is 0 Å². The summed E-state index contributed by atoms with van der Waals surface area (Å²) in [5, 5.41) is 0.972. The fourth-order valence-corrected chi connectivity index (χ4v) is 4.02. The van der Waals surface area contributed by atoms with Crippen LogP contribution in [0.3, 0.4) is 0 Å². The summed E-state index contributed by atoms with van der Waals surface area (Å²) in [6.07, 6.45) is 1.30. The number of benzene rings is 1. The van der Waals surface area contributed by atoms with Gasteiger partial charge < -0.3 is 14.7 Å². The first-order chi connectivity index (χ1) is 13.5. The van der Waals surface area contributed by atoms with Crippen molar-refractivity contribution < 1.29 is 9.59 Å². The molecule has 6 nitrogen and oxygen atoms in total. The van der Waals surface area contributed by atoms with Gasteiger partial charge in [-0.25, -0.2) is 4.98 Å². The summed E-state index contributed by atoms with van der Waals surface area (Å²) >= 11 is 12.1. The fraction of sp³-hybridized carbons (Fsp3) is 0.350. The number of nitrogens with zero attached hydrogens (tertiary/aromatic N) is 4. The Kier molecular flexibility index (Phi) is 5.42. The monoisotopic (exact) mass is 418 g/mol. The number of rotatable bonds is 3. The number of amides is 2. The lowest BCUT2D eigenvalue weighted by Gasteiger charge is -2.36. The zero-order chi connectivity index (χ0) is 19.7. The van der Waals surface area contributed by atoms with Gasteiger partial charge in [-0.3, -0.25) is 9.59 Å². The lowest BCUT2D eigenvalue weighted by Crippen LogP contribution is -2.49. The van der Waals surface area contributed by atoms with Crippen LogP contribution in [0.15, 0.2) is 36.4 Å². The highest BCUT2D eigenvalue weighted by atomic mass is 35.5. The second-order valence-electron chi connectivity index (χ2n) is 6.91. The molecule has 1 aromatic heterocycles. The molecule has 0 unspecified atom stereocenters. The Hall–Kier alpha value is -2.31. The first-order valence-corrected chi connectivity index (χ1v) is 10.1. The summed E-state index contributed by atoms with van der Waals surface area (Å²) in [4.78, 5) is 35.3. The van der Waals surface area contributed by atoms with Crippen LogP contribution < -0.4 is 9.80 Å². The Morgan fingerprint density at radius 3 is 2.46 bits per heavy atom. The summed E-state index contributed by atoms with van der Waals surface area (Å²) in [7, 11) is 0. The molecular weight excluding hydrogens is 399 g/mol. The van der Waals surface area contributed by atoms with Crippen molar-refractivity contribution >= 4 is 46.5 Å². The van der Waals surface area contributed by atoms with Crippen molar-refractivity contribution in [3.8, 4) is 0 Å². The van der Waals surface area contributed by atoms with Crippen molar-refractivity contribution in [1.29, 1.82) is 0 Å². The minimum absolute atomic E-state index is 0.0353. The Morgan fingerprint density at radius 2 is 1.79 bits per heavy atom. The third-order valence-corrected chi connectivity index (χ3v) is 5.59. The highest BCUT2D eigenvalue weighted by Crippen LogP contribution is 2.30. The molecule has 2 aromatic rings. The van der Waals surface area contributed by atoms with E-state index >= 15 is 0 Å². The van der Waals surface area contributed by atoms with Crippen LogP contribution in [0.4, 0.5) is 11.5 Å².